The van der Waals surface area contributed by atoms with Crippen LogP contribution in [-0.2, 0) is 18.9 Å². The number of fused-ring (bicyclic) bond motifs is 1. The van der Waals surface area contributed by atoms with Gasteiger partial charge in [0.1, 0.15) is 24.4 Å². The summed E-state index contributed by atoms with van der Waals surface area (Å²) in [7, 11) is 0. The zero-order valence-electron chi connectivity index (χ0n) is 15.6. The van der Waals surface area contributed by atoms with Crippen molar-refractivity contribution >= 4 is 0 Å². The van der Waals surface area contributed by atoms with Crippen molar-refractivity contribution in [1.29, 1.82) is 0 Å². The minimum absolute atomic E-state index is 0.273. The number of ether oxygens (including phenoxy) is 4. The molecule has 2 heterocycles. The van der Waals surface area contributed by atoms with Crippen LogP contribution in [-0.4, -0.2) is 54.1 Å². The monoisotopic (exact) mass is 378 g/mol. The summed E-state index contributed by atoms with van der Waals surface area (Å²) in [5, 5.41) is 20.9. The van der Waals surface area contributed by atoms with E-state index in [0.717, 1.165) is 37.7 Å². The zero-order valence-corrected chi connectivity index (χ0v) is 15.6. The highest BCUT2D eigenvalue weighted by atomic mass is 16.8. The fourth-order valence-corrected chi connectivity index (χ4v) is 3.44. The summed E-state index contributed by atoms with van der Waals surface area (Å²) in [6.45, 7) is 4.47. The number of hydrogen-bond acceptors (Lipinski definition) is 6. The van der Waals surface area contributed by atoms with E-state index >= 15 is 0 Å². The summed E-state index contributed by atoms with van der Waals surface area (Å²) in [5.74, 6) is 0. The van der Waals surface area contributed by atoms with Gasteiger partial charge in [0.15, 0.2) is 12.6 Å². The first-order chi connectivity index (χ1) is 13.2. The lowest BCUT2D eigenvalue weighted by Crippen LogP contribution is -2.62. The van der Waals surface area contributed by atoms with Crippen molar-refractivity contribution < 1.29 is 29.2 Å². The third-order valence-electron chi connectivity index (χ3n) is 4.99. The van der Waals surface area contributed by atoms with Gasteiger partial charge in [0.25, 0.3) is 0 Å². The van der Waals surface area contributed by atoms with Crippen LogP contribution in [0.2, 0.25) is 0 Å². The van der Waals surface area contributed by atoms with E-state index in [4.69, 9.17) is 18.9 Å². The molecule has 0 aromatic heterocycles. The number of allylic oxidation sites excluding steroid dienone is 1. The normalized spacial score (nSPS) is 33.4. The Morgan fingerprint density at radius 2 is 1.81 bits per heavy atom. The molecular weight excluding hydrogens is 348 g/mol. The second kappa shape index (κ2) is 10.3. The van der Waals surface area contributed by atoms with Gasteiger partial charge in [-0.05, 0) is 19.3 Å². The molecule has 0 amide bonds. The molecule has 6 nitrogen and oxygen atoms in total. The Labute approximate surface area is 160 Å². The molecule has 27 heavy (non-hydrogen) atoms. The van der Waals surface area contributed by atoms with Crippen molar-refractivity contribution in [2.24, 2.45) is 0 Å². The van der Waals surface area contributed by atoms with E-state index in [2.05, 4.69) is 6.58 Å². The predicted molar refractivity (Wildman–Crippen MR) is 99.9 cm³/mol. The highest BCUT2D eigenvalue weighted by molar-refractivity contribution is 5.16. The van der Waals surface area contributed by atoms with E-state index in [9.17, 15) is 10.2 Å². The molecule has 6 atom stereocenters. The zero-order chi connectivity index (χ0) is 19.1. The molecule has 0 bridgehead atoms. The fraction of sp³-hybridized carbons (Fsp3) is 0.619. The lowest BCUT2D eigenvalue weighted by Gasteiger charge is -2.46. The Bertz CT molecular complexity index is 563. The van der Waals surface area contributed by atoms with Crippen LogP contribution >= 0.6 is 0 Å². The van der Waals surface area contributed by atoms with Gasteiger partial charge in [0, 0.05) is 12.2 Å². The first-order valence-electron chi connectivity index (χ1n) is 9.77. The molecule has 1 aromatic carbocycles. The molecule has 2 saturated heterocycles. The third kappa shape index (κ3) is 5.38. The van der Waals surface area contributed by atoms with Crippen LogP contribution in [0.4, 0.5) is 0 Å². The molecule has 0 spiro atoms. The summed E-state index contributed by atoms with van der Waals surface area (Å²) in [4.78, 5) is 0. The first kappa shape index (κ1) is 20.5. The Hall–Kier alpha value is -1.28. The van der Waals surface area contributed by atoms with Crippen molar-refractivity contribution in [1.82, 2.24) is 0 Å². The molecule has 0 aliphatic carbocycles. The van der Waals surface area contributed by atoms with E-state index in [1.807, 2.05) is 36.4 Å². The van der Waals surface area contributed by atoms with Gasteiger partial charge >= 0.3 is 0 Å². The molecule has 3 unspecified atom stereocenters. The largest absolute Gasteiger partial charge is 0.387 e. The van der Waals surface area contributed by atoms with E-state index in [1.165, 1.54) is 0 Å². The molecule has 2 aliphatic heterocycles. The topological polar surface area (TPSA) is 77.4 Å². The van der Waals surface area contributed by atoms with E-state index in [0.29, 0.717) is 6.61 Å². The maximum atomic E-state index is 10.5. The van der Waals surface area contributed by atoms with E-state index < -0.39 is 37.0 Å². The maximum Gasteiger partial charge on any atom is 0.186 e. The van der Waals surface area contributed by atoms with Crippen LogP contribution in [0.3, 0.4) is 0 Å². The van der Waals surface area contributed by atoms with Crippen LogP contribution in [0.15, 0.2) is 43.0 Å². The summed E-state index contributed by atoms with van der Waals surface area (Å²) in [6, 6.07) is 9.52. The minimum atomic E-state index is -1.15. The van der Waals surface area contributed by atoms with E-state index in [-0.39, 0.29) is 6.61 Å². The van der Waals surface area contributed by atoms with E-state index in [1.54, 1.807) is 0 Å². The van der Waals surface area contributed by atoms with Crippen molar-refractivity contribution in [2.75, 3.05) is 13.2 Å². The summed E-state index contributed by atoms with van der Waals surface area (Å²) in [6.07, 6.45) is 2.34. The molecule has 0 saturated carbocycles. The van der Waals surface area contributed by atoms with Gasteiger partial charge in [-0.2, -0.15) is 0 Å². The Morgan fingerprint density at radius 3 is 2.59 bits per heavy atom. The number of aliphatic hydroxyl groups is 2. The third-order valence-corrected chi connectivity index (χ3v) is 4.99. The van der Waals surface area contributed by atoms with Gasteiger partial charge in [-0.3, -0.25) is 0 Å². The first-order valence-corrected chi connectivity index (χ1v) is 9.77. The molecule has 6 heteroatoms. The average molecular weight is 378 g/mol. The van der Waals surface area contributed by atoms with Gasteiger partial charge in [0.05, 0.1) is 6.61 Å². The van der Waals surface area contributed by atoms with Crippen molar-refractivity contribution in [3.8, 4) is 0 Å². The molecular formula is C21H30O6. The highest BCUT2D eigenvalue weighted by Gasteiger charge is 2.49. The summed E-state index contributed by atoms with van der Waals surface area (Å²) < 4.78 is 23.1. The van der Waals surface area contributed by atoms with Crippen LogP contribution in [0, 0.1) is 0 Å². The molecule has 2 fully saturated rings. The number of unbranched alkanes of at least 4 members (excludes halogenated alkanes) is 4. The molecule has 2 aliphatic rings. The lowest BCUT2D eigenvalue weighted by atomic mass is 9.98. The Morgan fingerprint density at radius 1 is 1.04 bits per heavy atom. The van der Waals surface area contributed by atoms with Gasteiger partial charge < -0.3 is 29.2 Å². The summed E-state index contributed by atoms with van der Waals surface area (Å²) >= 11 is 0. The predicted octanol–water partition coefficient (Wildman–Crippen LogP) is 2.70. The standard InChI is InChI=1S/C21H30O6/c1-2-3-4-5-6-10-13-24-21-18(23)17(22)19-16(26-21)14-25-20(27-19)15-11-8-7-9-12-15/h2,7-9,11-12,16-23H,1,3-6,10,13-14H2/t16?,17?,18-,19+,20?,21+/m0/s1. The van der Waals surface area contributed by atoms with Crippen LogP contribution in [0.5, 0.6) is 0 Å². The van der Waals surface area contributed by atoms with Crippen LogP contribution in [0.25, 0.3) is 0 Å². The molecule has 0 radical (unpaired) electrons. The minimum Gasteiger partial charge on any atom is -0.387 e. The number of hydrogen-bond donors (Lipinski definition) is 2. The Kier molecular flexibility index (Phi) is 7.81. The molecule has 150 valence electrons. The SMILES string of the molecule is C=CCCCCCCO[C@@H]1OC2COC(c3ccccc3)O[C@H]2C(O)[C@@H]1O. The van der Waals surface area contributed by atoms with Gasteiger partial charge in [-0.1, -0.05) is 49.2 Å². The van der Waals surface area contributed by atoms with Crippen molar-refractivity contribution in [3.05, 3.63) is 48.6 Å². The van der Waals surface area contributed by atoms with Crippen LogP contribution in [0.1, 0.15) is 44.0 Å². The smallest absolute Gasteiger partial charge is 0.186 e. The second-order valence-corrected chi connectivity index (χ2v) is 7.06. The Balaban J connectivity index is 1.46. The quantitative estimate of drug-likeness (QED) is 0.508. The molecule has 1 aromatic rings. The van der Waals surface area contributed by atoms with Gasteiger partial charge in [0.2, 0.25) is 0 Å². The maximum absolute atomic E-state index is 10.5. The highest BCUT2D eigenvalue weighted by Crippen LogP contribution is 2.34. The number of benzene rings is 1. The van der Waals surface area contributed by atoms with Gasteiger partial charge in [-0.25, -0.2) is 0 Å². The fourth-order valence-electron chi connectivity index (χ4n) is 3.44. The summed E-state index contributed by atoms with van der Waals surface area (Å²) in [5.41, 5.74) is 0.868. The lowest BCUT2D eigenvalue weighted by molar-refractivity contribution is -0.361. The average Bonchev–Trinajstić information content (AvgIpc) is 2.71. The van der Waals surface area contributed by atoms with Crippen LogP contribution < -0.4 is 0 Å². The number of aliphatic hydroxyl groups excluding tert-OH is 2. The molecule has 2 N–H and O–H groups in total. The van der Waals surface area contributed by atoms with Crippen molar-refractivity contribution in [2.45, 2.75) is 69.1 Å². The molecule has 3 rings (SSSR count). The van der Waals surface area contributed by atoms with Crippen molar-refractivity contribution in [3.63, 3.8) is 0 Å². The van der Waals surface area contributed by atoms with Gasteiger partial charge in [-0.15, -0.1) is 6.58 Å². The second-order valence-electron chi connectivity index (χ2n) is 7.06. The number of rotatable bonds is 9.